The van der Waals surface area contributed by atoms with Crippen molar-refractivity contribution in [3.8, 4) is 11.3 Å². The Morgan fingerprint density at radius 1 is 1.43 bits per heavy atom. The number of thioether (sulfide) groups is 1. The monoisotopic (exact) mass is 416 g/mol. The Bertz CT molecular complexity index is 985. The van der Waals surface area contributed by atoms with Crippen LogP contribution in [0, 0.1) is 0 Å². The first-order valence-electron chi connectivity index (χ1n) is 8.82. The molecule has 146 valence electrons. The van der Waals surface area contributed by atoms with Crippen LogP contribution in [-0.4, -0.2) is 35.9 Å². The van der Waals surface area contributed by atoms with Gasteiger partial charge in [-0.15, -0.1) is 11.3 Å². The first-order chi connectivity index (χ1) is 13.5. The fourth-order valence-electron chi connectivity index (χ4n) is 3.47. The third kappa shape index (κ3) is 3.30. The molecule has 2 aliphatic heterocycles. The van der Waals surface area contributed by atoms with Gasteiger partial charge in [-0.05, 0) is 18.9 Å². The normalized spacial score (nSPS) is 19.0. The molecule has 2 amide bonds. The zero-order valence-corrected chi connectivity index (χ0v) is 17.2. The minimum Gasteiger partial charge on any atom is -0.382 e. The summed E-state index contributed by atoms with van der Waals surface area (Å²) in [5.74, 6) is -0.417. The maximum atomic E-state index is 11.9. The highest BCUT2D eigenvalue weighted by atomic mass is 32.2. The zero-order chi connectivity index (χ0) is 19.8. The Morgan fingerprint density at radius 3 is 3.00 bits per heavy atom. The minimum atomic E-state index is -0.442. The molecule has 9 heteroatoms. The van der Waals surface area contributed by atoms with E-state index in [1.54, 1.807) is 7.11 Å². The van der Waals surface area contributed by atoms with Crippen molar-refractivity contribution in [2.24, 2.45) is 5.73 Å². The number of amides is 2. The summed E-state index contributed by atoms with van der Waals surface area (Å²) in [6, 6.07) is 5.98. The van der Waals surface area contributed by atoms with Gasteiger partial charge in [0.1, 0.15) is 5.37 Å². The molecule has 4 rings (SSSR count). The van der Waals surface area contributed by atoms with Gasteiger partial charge in [0.05, 0.1) is 22.9 Å². The van der Waals surface area contributed by atoms with Crippen molar-refractivity contribution in [1.29, 1.82) is 0 Å². The molecule has 7 nitrogen and oxygen atoms in total. The number of carbonyl (C=O) groups excluding carboxylic acids is 2. The van der Waals surface area contributed by atoms with E-state index in [0.29, 0.717) is 17.9 Å². The van der Waals surface area contributed by atoms with Gasteiger partial charge in [0.15, 0.2) is 5.13 Å². The van der Waals surface area contributed by atoms with Crippen LogP contribution >= 0.6 is 23.1 Å². The van der Waals surface area contributed by atoms with E-state index in [1.807, 2.05) is 35.4 Å². The van der Waals surface area contributed by atoms with Crippen molar-refractivity contribution < 1.29 is 14.3 Å². The van der Waals surface area contributed by atoms with E-state index in [9.17, 15) is 9.59 Å². The fraction of sp³-hybridized carbons (Fsp3) is 0.316. The van der Waals surface area contributed by atoms with Crippen molar-refractivity contribution in [2.75, 3.05) is 23.9 Å². The van der Waals surface area contributed by atoms with Gasteiger partial charge in [0.2, 0.25) is 5.91 Å². The number of anilines is 2. The number of carbonyl (C=O) groups is 2. The number of methoxy groups -OCH3 is 1. The van der Waals surface area contributed by atoms with E-state index in [1.165, 1.54) is 23.1 Å². The molecule has 0 saturated heterocycles. The zero-order valence-electron chi connectivity index (χ0n) is 15.5. The number of ether oxygens (including phenoxy) is 1. The van der Waals surface area contributed by atoms with Crippen molar-refractivity contribution in [3.63, 3.8) is 0 Å². The number of hydrogen-bond donors (Lipinski definition) is 2. The number of fused-ring (bicyclic) bond motifs is 1. The summed E-state index contributed by atoms with van der Waals surface area (Å²) < 4.78 is 5.32. The molecule has 0 saturated carbocycles. The van der Waals surface area contributed by atoms with Crippen LogP contribution in [0.3, 0.4) is 0 Å². The predicted molar refractivity (Wildman–Crippen MR) is 112 cm³/mol. The van der Waals surface area contributed by atoms with Gasteiger partial charge < -0.3 is 20.7 Å². The summed E-state index contributed by atoms with van der Waals surface area (Å²) in [5.41, 5.74) is 9.96. The van der Waals surface area contributed by atoms with E-state index in [4.69, 9.17) is 15.5 Å². The SMILES string of the molecule is COCC1SC(C(N)=O)=C(C)N1c1nc(-c2cccc3c2NC(=O)CC3)cs1. The van der Waals surface area contributed by atoms with Crippen LogP contribution in [-0.2, 0) is 20.7 Å². The van der Waals surface area contributed by atoms with Crippen molar-refractivity contribution >= 4 is 45.7 Å². The number of aromatic nitrogens is 1. The number of aryl methyl sites for hydroxylation is 1. The lowest BCUT2D eigenvalue weighted by Crippen LogP contribution is -2.30. The van der Waals surface area contributed by atoms with Crippen molar-refractivity contribution in [1.82, 2.24) is 4.98 Å². The van der Waals surface area contributed by atoms with Crippen molar-refractivity contribution in [2.45, 2.75) is 25.1 Å². The Balaban J connectivity index is 1.72. The second-order valence-corrected chi connectivity index (χ2v) is 8.60. The molecule has 0 bridgehead atoms. The Labute approximate surface area is 171 Å². The van der Waals surface area contributed by atoms with E-state index in [2.05, 4.69) is 5.32 Å². The van der Waals surface area contributed by atoms with Gasteiger partial charge in [-0.2, -0.15) is 0 Å². The quantitative estimate of drug-likeness (QED) is 0.778. The highest BCUT2D eigenvalue weighted by Crippen LogP contribution is 2.44. The molecule has 0 radical (unpaired) electrons. The fourth-order valence-corrected chi connectivity index (χ4v) is 5.69. The molecule has 0 aliphatic carbocycles. The molecule has 2 aliphatic rings. The largest absolute Gasteiger partial charge is 0.382 e. The van der Waals surface area contributed by atoms with Gasteiger partial charge in [-0.1, -0.05) is 30.0 Å². The summed E-state index contributed by atoms with van der Waals surface area (Å²) in [7, 11) is 1.63. The number of para-hydroxylation sites is 1. The molecule has 28 heavy (non-hydrogen) atoms. The maximum absolute atomic E-state index is 11.9. The highest BCUT2D eigenvalue weighted by molar-refractivity contribution is 8.05. The lowest BCUT2D eigenvalue weighted by molar-refractivity contribution is -0.116. The molecule has 1 aromatic carbocycles. The average Bonchev–Trinajstić information content (AvgIpc) is 3.26. The third-order valence-corrected chi connectivity index (χ3v) is 6.97. The van der Waals surface area contributed by atoms with Crippen LogP contribution in [0.15, 0.2) is 34.2 Å². The molecule has 0 fully saturated rings. The van der Waals surface area contributed by atoms with E-state index < -0.39 is 5.91 Å². The number of primary amides is 1. The third-order valence-electron chi connectivity index (χ3n) is 4.78. The molecule has 0 spiro atoms. The number of thiazole rings is 1. The Kier molecular flexibility index (Phi) is 5.13. The number of nitrogens with one attached hydrogen (secondary N) is 1. The smallest absolute Gasteiger partial charge is 0.256 e. The number of hydrogen-bond acceptors (Lipinski definition) is 7. The van der Waals surface area contributed by atoms with E-state index in [0.717, 1.165) is 39.8 Å². The Hall–Kier alpha value is -2.36. The number of nitrogens with zero attached hydrogens (tertiary/aromatic N) is 2. The predicted octanol–water partition coefficient (Wildman–Crippen LogP) is 2.94. The van der Waals surface area contributed by atoms with Crippen LogP contribution < -0.4 is 16.0 Å². The second kappa shape index (κ2) is 7.57. The molecule has 1 unspecified atom stereocenters. The van der Waals surface area contributed by atoms with Crippen LogP contribution in [0.2, 0.25) is 0 Å². The summed E-state index contributed by atoms with van der Waals surface area (Å²) in [6.07, 6.45) is 1.23. The molecular formula is C19H20N4O3S2. The molecule has 1 aromatic heterocycles. The highest BCUT2D eigenvalue weighted by Gasteiger charge is 2.35. The summed E-state index contributed by atoms with van der Waals surface area (Å²) in [6.45, 7) is 2.30. The van der Waals surface area contributed by atoms with Crippen LogP contribution in [0.5, 0.6) is 0 Å². The molecule has 2 aromatic rings. The van der Waals surface area contributed by atoms with Gasteiger partial charge in [-0.3, -0.25) is 9.59 Å². The Morgan fingerprint density at radius 2 is 2.25 bits per heavy atom. The van der Waals surface area contributed by atoms with Crippen LogP contribution in [0.1, 0.15) is 18.9 Å². The second-order valence-electron chi connectivity index (χ2n) is 6.58. The van der Waals surface area contributed by atoms with Crippen LogP contribution in [0.4, 0.5) is 10.8 Å². The van der Waals surface area contributed by atoms with Gasteiger partial charge >= 0.3 is 0 Å². The summed E-state index contributed by atoms with van der Waals surface area (Å²) in [4.78, 5) is 31.0. The van der Waals surface area contributed by atoms with E-state index in [-0.39, 0.29) is 11.3 Å². The number of benzene rings is 1. The minimum absolute atomic E-state index is 0.0244. The number of rotatable bonds is 5. The van der Waals surface area contributed by atoms with E-state index >= 15 is 0 Å². The lowest BCUT2D eigenvalue weighted by Gasteiger charge is -2.24. The molecule has 3 N–H and O–H groups in total. The summed E-state index contributed by atoms with van der Waals surface area (Å²) >= 11 is 2.89. The molecule has 3 heterocycles. The lowest BCUT2D eigenvalue weighted by atomic mass is 9.98. The number of nitrogens with two attached hydrogens (primary N) is 1. The first kappa shape index (κ1) is 19.0. The van der Waals surface area contributed by atoms with Gasteiger partial charge in [0, 0.05) is 30.2 Å². The molecular weight excluding hydrogens is 396 g/mol. The molecule has 1 atom stereocenters. The number of allylic oxidation sites excluding steroid dienone is 1. The summed E-state index contributed by atoms with van der Waals surface area (Å²) in [5, 5.41) is 5.61. The standard InChI is InChI=1S/C19H20N4O3S2/c1-10-17(18(20)25)28-15(8-26-2)23(10)19-21-13(9-27-19)12-5-3-4-11-6-7-14(24)22-16(11)12/h3-5,9,15H,6-8H2,1-2H3,(H2,20,25)(H,22,24). The first-order valence-corrected chi connectivity index (χ1v) is 10.6. The van der Waals surface area contributed by atoms with Gasteiger partial charge in [0.25, 0.3) is 5.91 Å². The van der Waals surface area contributed by atoms with Gasteiger partial charge in [-0.25, -0.2) is 4.98 Å². The van der Waals surface area contributed by atoms with Crippen LogP contribution in [0.25, 0.3) is 11.3 Å². The maximum Gasteiger partial charge on any atom is 0.256 e. The topological polar surface area (TPSA) is 97.6 Å². The van der Waals surface area contributed by atoms with Crippen molar-refractivity contribution in [3.05, 3.63) is 39.7 Å². The average molecular weight is 417 g/mol.